The summed E-state index contributed by atoms with van der Waals surface area (Å²) in [5.41, 5.74) is 0.422. The first kappa shape index (κ1) is 22.7. The number of hydrogen-bond donors (Lipinski definition) is 0. The predicted octanol–water partition coefficient (Wildman–Crippen LogP) is 6.62. The van der Waals surface area contributed by atoms with Gasteiger partial charge in [-0.2, -0.15) is 5.06 Å². The third-order valence-corrected chi connectivity index (χ3v) is 7.95. The molecular weight excluding hydrogens is 362 g/mol. The van der Waals surface area contributed by atoms with Gasteiger partial charge in [0.1, 0.15) is 11.7 Å². The van der Waals surface area contributed by atoms with Crippen LogP contribution >= 0.6 is 0 Å². The molecule has 0 radical (unpaired) electrons. The number of piperidine rings is 1. The van der Waals surface area contributed by atoms with Gasteiger partial charge in [0.25, 0.3) is 0 Å². The lowest BCUT2D eigenvalue weighted by molar-refractivity contribution is -0.471. The highest BCUT2D eigenvalue weighted by molar-refractivity contribution is 5.17. The van der Waals surface area contributed by atoms with Gasteiger partial charge >= 0.3 is 0 Å². The van der Waals surface area contributed by atoms with Crippen LogP contribution in [0.1, 0.15) is 99.2 Å². The van der Waals surface area contributed by atoms with Crippen molar-refractivity contribution in [3.05, 3.63) is 35.9 Å². The molecule has 4 nitrogen and oxygen atoms in total. The van der Waals surface area contributed by atoms with Gasteiger partial charge in [-0.25, -0.2) is 9.78 Å². The Morgan fingerprint density at radius 1 is 1.03 bits per heavy atom. The van der Waals surface area contributed by atoms with Gasteiger partial charge in [0, 0.05) is 23.4 Å². The topological polar surface area (TPSA) is 30.9 Å². The van der Waals surface area contributed by atoms with E-state index in [2.05, 4.69) is 90.8 Å². The highest BCUT2D eigenvalue weighted by atomic mass is 17.2. The van der Waals surface area contributed by atoms with Gasteiger partial charge in [0.15, 0.2) is 0 Å². The molecule has 1 aromatic carbocycles. The van der Waals surface area contributed by atoms with E-state index < -0.39 is 0 Å². The molecule has 2 aliphatic heterocycles. The van der Waals surface area contributed by atoms with E-state index >= 15 is 0 Å². The Morgan fingerprint density at radius 2 is 1.69 bits per heavy atom. The zero-order valence-electron chi connectivity index (χ0n) is 19.7. The number of benzene rings is 1. The van der Waals surface area contributed by atoms with Gasteiger partial charge in [-0.1, -0.05) is 51.1 Å². The molecule has 0 aliphatic carbocycles. The quantitative estimate of drug-likeness (QED) is 0.517. The van der Waals surface area contributed by atoms with Crippen molar-refractivity contribution in [1.82, 2.24) is 5.06 Å². The summed E-state index contributed by atoms with van der Waals surface area (Å²) in [4.78, 5) is 19.0. The summed E-state index contributed by atoms with van der Waals surface area (Å²) in [6.07, 6.45) is 4.92. The van der Waals surface area contributed by atoms with Crippen LogP contribution in [0.25, 0.3) is 0 Å². The van der Waals surface area contributed by atoms with E-state index in [0.717, 1.165) is 32.1 Å². The van der Waals surface area contributed by atoms with Crippen LogP contribution in [0, 0.1) is 5.92 Å². The van der Waals surface area contributed by atoms with Crippen LogP contribution in [-0.2, 0) is 14.6 Å². The van der Waals surface area contributed by atoms with Crippen LogP contribution in [0.4, 0.5) is 0 Å². The van der Waals surface area contributed by atoms with Gasteiger partial charge in [-0.15, -0.1) is 0 Å². The van der Waals surface area contributed by atoms with Crippen molar-refractivity contribution < 1.29 is 14.6 Å². The highest BCUT2D eigenvalue weighted by Crippen LogP contribution is 2.56. The third-order valence-electron chi connectivity index (χ3n) is 7.95. The minimum Gasteiger partial charge on any atom is -0.290 e. The first-order valence-corrected chi connectivity index (χ1v) is 11.4. The molecule has 0 saturated carbocycles. The standard InChI is InChI=1S/C25H41NO3/c1-9-23(7)18-25(17-16-22(5,6)28-29-25)20(4)24(8,10-2)26(23)27-19(3)21-14-12-11-13-15-21/h11-15,19-20H,9-10,16-18H2,1-8H3. The van der Waals surface area contributed by atoms with Gasteiger partial charge in [-0.05, 0) is 65.9 Å². The molecular formula is C25H41NO3. The van der Waals surface area contributed by atoms with E-state index in [1.54, 1.807) is 0 Å². The average molecular weight is 404 g/mol. The maximum absolute atomic E-state index is 6.77. The lowest BCUT2D eigenvalue weighted by Crippen LogP contribution is -2.72. The maximum atomic E-state index is 6.77. The summed E-state index contributed by atoms with van der Waals surface area (Å²) in [6, 6.07) is 10.5. The molecule has 2 heterocycles. The Labute approximate surface area is 177 Å². The van der Waals surface area contributed by atoms with E-state index in [0.29, 0.717) is 0 Å². The van der Waals surface area contributed by atoms with Crippen molar-refractivity contribution >= 4 is 0 Å². The van der Waals surface area contributed by atoms with Crippen LogP contribution in [0.5, 0.6) is 0 Å². The Hall–Kier alpha value is -0.940. The molecule has 164 valence electrons. The van der Waals surface area contributed by atoms with E-state index in [-0.39, 0.29) is 34.3 Å². The minimum atomic E-state index is -0.277. The molecule has 2 saturated heterocycles. The summed E-state index contributed by atoms with van der Waals surface area (Å²) in [5.74, 6) is 0.277. The van der Waals surface area contributed by atoms with E-state index in [1.165, 1.54) is 5.56 Å². The second kappa shape index (κ2) is 7.96. The summed E-state index contributed by atoms with van der Waals surface area (Å²) in [6.45, 7) is 17.9. The molecule has 2 fully saturated rings. The lowest BCUT2D eigenvalue weighted by atomic mass is 9.61. The largest absolute Gasteiger partial charge is 0.290 e. The molecule has 3 rings (SSSR count). The Morgan fingerprint density at radius 3 is 2.21 bits per heavy atom. The van der Waals surface area contributed by atoms with Gasteiger partial charge in [0.05, 0.1) is 5.60 Å². The fourth-order valence-corrected chi connectivity index (χ4v) is 5.34. The second-order valence-electron chi connectivity index (χ2n) is 10.4. The van der Waals surface area contributed by atoms with Crippen molar-refractivity contribution in [1.29, 1.82) is 0 Å². The maximum Gasteiger partial charge on any atom is 0.110 e. The minimum absolute atomic E-state index is 0.00309. The third kappa shape index (κ3) is 4.01. The first-order valence-electron chi connectivity index (χ1n) is 11.4. The first-order chi connectivity index (χ1) is 13.5. The monoisotopic (exact) mass is 403 g/mol. The molecule has 0 bridgehead atoms. The lowest BCUT2D eigenvalue weighted by Gasteiger charge is -2.64. The zero-order chi connectivity index (χ0) is 21.5. The summed E-state index contributed by atoms with van der Waals surface area (Å²) >= 11 is 0. The molecule has 2 aliphatic rings. The molecule has 4 heteroatoms. The number of hydroxylamine groups is 2. The molecule has 0 aromatic heterocycles. The molecule has 0 N–H and O–H groups in total. The Kier molecular flexibility index (Phi) is 6.24. The summed E-state index contributed by atoms with van der Waals surface area (Å²) in [5, 5.41) is 2.33. The van der Waals surface area contributed by atoms with Crippen molar-refractivity contribution in [2.75, 3.05) is 0 Å². The van der Waals surface area contributed by atoms with Gasteiger partial charge in [0.2, 0.25) is 0 Å². The van der Waals surface area contributed by atoms with Crippen molar-refractivity contribution in [3.63, 3.8) is 0 Å². The molecule has 29 heavy (non-hydrogen) atoms. The van der Waals surface area contributed by atoms with Crippen molar-refractivity contribution in [2.24, 2.45) is 5.92 Å². The zero-order valence-corrected chi connectivity index (χ0v) is 19.7. The van der Waals surface area contributed by atoms with Crippen LogP contribution in [0.3, 0.4) is 0 Å². The summed E-state index contributed by atoms with van der Waals surface area (Å²) in [7, 11) is 0. The Balaban J connectivity index is 1.95. The molecule has 1 aromatic rings. The molecule has 1 spiro atoms. The second-order valence-corrected chi connectivity index (χ2v) is 10.4. The van der Waals surface area contributed by atoms with Crippen molar-refractivity contribution in [3.8, 4) is 0 Å². The normalized spacial score (nSPS) is 38.8. The van der Waals surface area contributed by atoms with E-state index in [9.17, 15) is 0 Å². The molecule has 0 amide bonds. The van der Waals surface area contributed by atoms with E-state index in [1.807, 2.05) is 0 Å². The fraction of sp³-hybridized carbons (Fsp3) is 0.760. The van der Waals surface area contributed by atoms with E-state index in [4.69, 9.17) is 14.6 Å². The Bertz CT molecular complexity index is 681. The highest BCUT2D eigenvalue weighted by Gasteiger charge is 2.63. The van der Waals surface area contributed by atoms with Gasteiger partial charge < -0.3 is 0 Å². The van der Waals surface area contributed by atoms with Crippen LogP contribution in [0.2, 0.25) is 0 Å². The number of nitrogens with zero attached hydrogens (tertiary/aromatic N) is 1. The average Bonchev–Trinajstić information content (AvgIpc) is 2.72. The summed E-state index contributed by atoms with van der Waals surface area (Å²) < 4.78 is 0. The van der Waals surface area contributed by atoms with Crippen LogP contribution in [-0.4, -0.2) is 27.3 Å². The smallest absolute Gasteiger partial charge is 0.110 e. The number of rotatable bonds is 5. The van der Waals surface area contributed by atoms with Crippen LogP contribution in [0.15, 0.2) is 30.3 Å². The fourth-order valence-electron chi connectivity index (χ4n) is 5.34. The number of hydrogen-bond acceptors (Lipinski definition) is 4. The van der Waals surface area contributed by atoms with Gasteiger partial charge in [-0.3, -0.25) is 4.84 Å². The SMILES string of the molecule is CCC1(C)CC2(CCC(C)(C)OO2)C(C)C(C)(CC)N1OC(C)c1ccccc1. The predicted molar refractivity (Wildman–Crippen MR) is 117 cm³/mol. The van der Waals surface area contributed by atoms with Crippen molar-refractivity contribution in [2.45, 2.75) is 116 Å². The molecule has 5 unspecified atom stereocenters. The molecule has 5 atom stereocenters. The van der Waals surface area contributed by atoms with Crippen LogP contribution < -0.4 is 0 Å².